The molecule has 6 nitrogen and oxygen atoms in total. The molecular weight excluding hydrogens is 336 g/mol. The zero-order valence-electron chi connectivity index (χ0n) is 15.7. The van der Waals surface area contributed by atoms with Gasteiger partial charge in [-0.15, -0.1) is 0 Å². The SMILES string of the molecule is C=C1C(=O)OC(C(C)(O)CC=CC2(C)CCC(=O)O2)CC1CCC(C)=O. The largest absolute Gasteiger partial charge is 0.456 e. The summed E-state index contributed by atoms with van der Waals surface area (Å²) in [6.45, 7) is 8.73. The van der Waals surface area contributed by atoms with Gasteiger partial charge < -0.3 is 19.4 Å². The Labute approximate surface area is 154 Å². The number of Topliss-reactive ketones (excluding diaryl/α,β-unsaturated/α-hetero) is 1. The van der Waals surface area contributed by atoms with Crippen LogP contribution in [0.2, 0.25) is 0 Å². The maximum Gasteiger partial charge on any atom is 0.334 e. The normalized spacial score (nSPS) is 31.6. The number of ether oxygens (including phenoxy) is 2. The van der Waals surface area contributed by atoms with Crippen LogP contribution in [0, 0.1) is 5.92 Å². The quantitative estimate of drug-likeness (QED) is 0.424. The minimum Gasteiger partial charge on any atom is -0.456 e. The first kappa shape index (κ1) is 20.4. The van der Waals surface area contributed by atoms with E-state index in [-0.39, 0.29) is 24.1 Å². The van der Waals surface area contributed by atoms with Crippen LogP contribution < -0.4 is 0 Å². The highest BCUT2D eigenvalue weighted by molar-refractivity contribution is 5.89. The smallest absolute Gasteiger partial charge is 0.334 e. The summed E-state index contributed by atoms with van der Waals surface area (Å²) in [5.74, 6) is -0.857. The molecule has 0 aromatic rings. The number of ketones is 1. The second kappa shape index (κ2) is 7.74. The van der Waals surface area contributed by atoms with Gasteiger partial charge in [0.15, 0.2) is 0 Å². The fourth-order valence-corrected chi connectivity index (χ4v) is 3.38. The van der Waals surface area contributed by atoms with Crippen molar-refractivity contribution in [3.63, 3.8) is 0 Å². The molecule has 0 saturated carbocycles. The van der Waals surface area contributed by atoms with E-state index in [1.807, 2.05) is 6.92 Å². The first-order valence-electron chi connectivity index (χ1n) is 9.03. The number of carbonyl (C=O) groups is 3. The van der Waals surface area contributed by atoms with Crippen LogP contribution in [-0.4, -0.2) is 40.1 Å². The van der Waals surface area contributed by atoms with E-state index in [1.54, 1.807) is 19.1 Å². The highest BCUT2D eigenvalue weighted by Gasteiger charge is 2.42. The molecule has 2 rings (SSSR count). The Morgan fingerprint density at radius 1 is 1.46 bits per heavy atom. The maximum absolute atomic E-state index is 12.1. The Morgan fingerprint density at radius 2 is 2.15 bits per heavy atom. The third kappa shape index (κ3) is 5.04. The van der Waals surface area contributed by atoms with Crippen molar-refractivity contribution in [3.8, 4) is 0 Å². The van der Waals surface area contributed by atoms with Crippen LogP contribution in [0.1, 0.15) is 59.3 Å². The number of hydrogen-bond acceptors (Lipinski definition) is 6. The number of cyclic esters (lactones) is 2. The van der Waals surface area contributed by atoms with Gasteiger partial charge in [-0.2, -0.15) is 0 Å². The highest BCUT2D eigenvalue weighted by atomic mass is 16.6. The molecule has 2 fully saturated rings. The van der Waals surface area contributed by atoms with E-state index in [4.69, 9.17) is 9.47 Å². The molecule has 0 radical (unpaired) electrons. The van der Waals surface area contributed by atoms with Gasteiger partial charge in [-0.25, -0.2) is 4.79 Å². The second-order valence-electron chi connectivity index (χ2n) is 7.84. The molecule has 2 heterocycles. The van der Waals surface area contributed by atoms with Crippen molar-refractivity contribution < 1.29 is 29.0 Å². The molecule has 1 N–H and O–H groups in total. The zero-order chi connectivity index (χ0) is 19.5. The second-order valence-corrected chi connectivity index (χ2v) is 7.84. The molecule has 0 bridgehead atoms. The third-order valence-corrected chi connectivity index (χ3v) is 5.22. The van der Waals surface area contributed by atoms with Crippen LogP contribution in [0.15, 0.2) is 24.3 Å². The average Bonchev–Trinajstić information content (AvgIpc) is 2.87. The fraction of sp³-hybridized carbons (Fsp3) is 0.650. The summed E-state index contributed by atoms with van der Waals surface area (Å²) in [6.07, 6.45) is 5.45. The molecule has 0 aliphatic carbocycles. The highest BCUT2D eigenvalue weighted by Crippen LogP contribution is 2.35. The molecule has 26 heavy (non-hydrogen) atoms. The molecule has 2 saturated heterocycles. The summed E-state index contributed by atoms with van der Waals surface area (Å²) in [5, 5.41) is 10.8. The number of rotatable bonds is 7. The lowest BCUT2D eigenvalue weighted by Gasteiger charge is -2.38. The van der Waals surface area contributed by atoms with Crippen molar-refractivity contribution in [1.29, 1.82) is 0 Å². The minimum absolute atomic E-state index is 0.0577. The molecular formula is C20H28O6. The molecule has 144 valence electrons. The number of aliphatic hydroxyl groups is 1. The summed E-state index contributed by atoms with van der Waals surface area (Å²) in [4.78, 5) is 34.6. The first-order chi connectivity index (χ1) is 12.0. The molecule has 4 unspecified atom stereocenters. The van der Waals surface area contributed by atoms with Crippen molar-refractivity contribution in [1.82, 2.24) is 0 Å². The minimum atomic E-state index is -1.26. The Morgan fingerprint density at radius 3 is 2.73 bits per heavy atom. The summed E-state index contributed by atoms with van der Waals surface area (Å²) in [5.41, 5.74) is -1.55. The van der Waals surface area contributed by atoms with Crippen LogP contribution in [-0.2, 0) is 23.9 Å². The predicted molar refractivity (Wildman–Crippen MR) is 95.2 cm³/mol. The van der Waals surface area contributed by atoms with Gasteiger partial charge in [-0.3, -0.25) is 4.79 Å². The lowest BCUT2D eigenvalue weighted by molar-refractivity contribution is -0.167. The molecule has 6 heteroatoms. The van der Waals surface area contributed by atoms with Crippen LogP contribution in [0.3, 0.4) is 0 Å². The van der Waals surface area contributed by atoms with Gasteiger partial charge in [0.2, 0.25) is 0 Å². The van der Waals surface area contributed by atoms with Gasteiger partial charge >= 0.3 is 11.9 Å². The van der Waals surface area contributed by atoms with Gasteiger partial charge in [-0.1, -0.05) is 12.7 Å². The molecule has 0 aromatic carbocycles. The summed E-state index contributed by atoms with van der Waals surface area (Å²) < 4.78 is 10.6. The van der Waals surface area contributed by atoms with E-state index < -0.39 is 23.3 Å². The Hall–Kier alpha value is -1.95. The standard InChI is InChI=1S/C20H28O6/c1-13(21)6-7-15-12-16(25-18(23)14(15)2)20(4,24)10-5-9-19(3)11-8-17(22)26-19/h5,9,15-16,24H,2,6-8,10-12H2,1,3-4H3. The van der Waals surface area contributed by atoms with E-state index in [9.17, 15) is 19.5 Å². The maximum atomic E-state index is 12.1. The first-order valence-corrected chi connectivity index (χ1v) is 9.03. The Balaban J connectivity index is 2.00. The van der Waals surface area contributed by atoms with E-state index in [2.05, 4.69) is 6.58 Å². The van der Waals surface area contributed by atoms with Crippen LogP contribution in [0.25, 0.3) is 0 Å². The third-order valence-electron chi connectivity index (χ3n) is 5.22. The van der Waals surface area contributed by atoms with E-state index in [1.165, 1.54) is 6.92 Å². The van der Waals surface area contributed by atoms with Crippen LogP contribution in [0.4, 0.5) is 0 Å². The monoisotopic (exact) mass is 364 g/mol. The van der Waals surface area contributed by atoms with E-state index >= 15 is 0 Å². The number of hydrogen-bond donors (Lipinski definition) is 1. The van der Waals surface area contributed by atoms with Crippen LogP contribution in [0.5, 0.6) is 0 Å². The molecule has 0 amide bonds. The van der Waals surface area contributed by atoms with Crippen molar-refractivity contribution >= 4 is 17.7 Å². The summed E-state index contributed by atoms with van der Waals surface area (Å²) >= 11 is 0. The Kier molecular flexibility index (Phi) is 6.06. The van der Waals surface area contributed by atoms with Gasteiger partial charge in [-0.05, 0) is 52.0 Å². The Bertz CT molecular complexity index is 632. The van der Waals surface area contributed by atoms with Gasteiger partial charge in [0.1, 0.15) is 23.1 Å². The molecule has 2 aliphatic heterocycles. The van der Waals surface area contributed by atoms with Crippen LogP contribution >= 0.6 is 0 Å². The topological polar surface area (TPSA) is 89.9 Å². The van der Waals surface area contributed by atoms with Gasteiger partial charge in [0, 0.05) is 24.8 Å². The van der Waals surface area contributed by atoms with Gasteiger partial charge in [0.25, 0.3) is 0 Å². The van der Waals surface area contributed by atoms with Crippen molar-refractivity contribution in [2.75, 3.05) is 0 Å². The number of carbonyl (C=O) groups excluding carboxylic acids is 3. The lowest BCUT2D eigenvalue weighted by atomic mass is 9.80. The molecule has 0 spiro atoms. The number of esters is 2. The van der Waals surface area contributed by atoms with Crippen molar-refractivity contribution in [2.45, 2.75) is 76.6 Å². The zero-order valence-corrected chi connectivity index (χ0v) is 15.7. The van der Waals surface area contributed by atoms with Crippen molar-refractivity contribution in [2.24, 2.45) is 5.92 Å². The van der Waals surface area contributed by atoms with E-state index in [0.29, 0.717) is 37.7 Å². The van der Waals surface area contributed by atoms with Crippen molar-refractivity contribution in [3.05, 3.63) is 24.3 Å². The molecule has 2 aliphatic rings. The molecule has 4 atom stereocenters. The predicted octanol–water partition coefficient (Wildman–Crippen LogP) is 2.64. The summed E-state index contributed by atoms with van der Waals surface area (Å²) in [6, 6.07) is 0. The lowest BCUT2D eigenvalue weighted by Crippen LogP contribution is -2.47. The average molecular weight is 364 g/mol. The molecule has 0 aromatic heterocycles. The van der Waals surface area contributed by atoms with Gasteiger partial charge in [0.05, 0.1) is 0 Å². The summed E-state index contributed by atoms with van der Waals surface area (Å²) in [7, 11) is 0. The van der Waals surface area contributed by atoms with E-state index in [0.717, 1.165) is 0 Å². The fourth-order valence-electron chi connectivity index (χ4n) is 3.38.